The summed E-state index contributed by atoms with van der Waals surface area (Å²) < 4.78 is 28.9. The zero-order valence-electron chi connectivity index (χ0n) is 8.83. The molecule has 0 radical (unpaired) electrons. The summed E-state index contributed by atoms with van der Waals surface area (Å²) in [5.74, 6) is -1.19. The van der Waals surface area contributed by atoms with Crippen molar-refractivity contribution in [3.63, 3.8) is 0 Å². The van der Waals surface area contributed by atoms with Gasteiger partial charge in [0.15, 0.2) is 0 Å². The first-order valence-corrected chi connectivity index (χ1v) is 5.76. The van der Waals surface area contributed by atoms with Crippen LogP contribution in [-0.4, -0.2) is 9.78 Å². The number of nitrogens with two attached hydrogens (primary N) is 1. The Balaban J connectivity index is 2.32. The van der Waals surface area contributed by atoms with E-state index in [1.807, 2.05) is 0 Å². The summed E-state index contributed by atoms with van der Waals surface area (Å²) in [6.45, 7) is 0.341. The normalized spacial score (nSPS) is 10.8. The van der Waals surface area contributed by atoms with Crippen molar-refractivity contribution in [2.45, 2.75) is 13.1 Å². The molecule has 0 bridgehead atoms. The zero-order chi connectivity index (χ0) is 12.4. The molecule has 3 nitrogen and oxygen atoms in total. The second-order valence-corrected chi connectivity index (χ2v) is 4.38. The number of aromatic nitrogens is 2. The molecule has 17 heavy (non-hydrogen) atoms. The monoisotopic (exact) mass is 301 g/mol. The lowest BCUT2D eigenvalue weighted by atomic mass is 10.2. The summed E-state index contributed by atoms with van der Waals surface area (Å²) in [7, 11) is 0. The summed E-state index contributed by atoms with van der Waals surface area (Å²) in [5, 5.41) is 4.08. The first kappa shape index (κ1) is 12.2. The Hall–Kier alpha value is -1.27. The van der Waals surface area contributed by atoms with Crippen LogP contribution in [0, 0.1) is 11.6 Å². The zero-order valence-corrected chi connectivity index (χ0v) is 10.4. The number of rotatable bonds is 3. The molecule has 6 heteroatoms. The van der Waals surface area contributed by atoms with Gasteiger partial charge in [0.05, 0.1) is 16.7 Å². The van der Waals surface area contributed by atoms with Gasteiger partial charge in [-0.3, -0.25) is 4.68 Å². The Labute approximate surface area is 105 Å². The molecule has 0 spiro atoms. The van der Waals surface area contributed by atoms with Crippen molar-refractivity contribution in [2.24, 2.45) is 5.73 Å². The largest absolute Gasteiger partial charge is 0.325 e. The van der Waals surface area contributed by atoms with Gasteiger partial charge in [-0.25, -0.2) is 8.78 Å². The van der Waals surface area contributed by atoms with Crippen LogP contribution in [0.25, 0.3) is 0 Å². The molecule has 2 N–H and O–H groups in total. The Morgan fingerprint density at radius 2 is 2.06 bits per heavy atom. The quantitative estimate of drug-likeness (QED) is 0.885. The van der Waals surface area contributed by atoms with Crippen molar-refractivity contribution in [3.8, 4) is 0 Å². The highest BCUT2D eigenvalue weighted by molar-refractivity contribution is 9.10. The van der Waals surface area contributed by atoms with Gasteiger partial charge in [0.25, 0.3) is 0 Å². The van der Waals surface area contributed by atoms with E-state index < -0.39 is 11.6 Å². The molecule has 0 saturated carbocycles. The summed E-state index contributed by atoms with van der Waals surface area (Å²) in [6.07, 6.45) is 1.64. The Bertz CT molecular complexity index is 540. The van der Waals surface area contributed by atoms with Crippen LogP contribution in [0.4, 0.5) is 8.78 Å². The Kier molecular flexibility index (Phi) is 3.54. The van der Waals surface area contributed by atoms with E-state index in [1.165, 1.54) is 16.8 Å². The molecule has 0 aliphatic rings. The van der Waals surface area contributed by atoms with Gasteiger partial charge in [0, 0.05) is 18.3 Å². The number of nitrogens with zero attached hydrogens (tertiary/aromatic N) is 2. The highest BCUT2D eigenvalue weighted by Crippen LogP contribution is 2.22. The minimum atomic E-state index is -0.602. The van der Waals surface area contributed by atoms with E-state index in [4.69, 9.17) is 5.73 Å². The van der Waals surface area contributed by atoms with E-state index in [2.05, 4.69) is 21.0 Å². The average molecular weight is 302 g/mol. The van der Waals surface area contributed by atoms with Crippen molar-refractivity contribution in [1.82, 2.24) is 9.78 Å². The third kappa shape index (κ3) is 2.53. The summed E-state index contributed by atoms with van der Waals surface area (Å²) >= 11 is 3.02. The molecule has 1 heterocycles. The lowest BCUT2D eigenvalue weighted by Gasteiger charge is -2.06. The van der Waals surface area contributed by atoms with Crippen molar-refractivity contribution in [3.05, 3.63) is 51.8 Å². The van der Waals surface area contributed by atoms with Crippen LogP contribution in [0.3, 0.4) is 0 Å². The third-order valence-electron chi connectivity index (χ3n) is 2.36. The van der Waals surface area contributed by atoms with Crippen LogP contribution in [-0.2, 0) is 13.1 Å². The number of halogens is 3. The molecule has 1 aromatic heterocycles. The predicted octanol–water partition coefficient (Wildman–Crippen LogP) is 2.43. The topological polar surface area (TPSA) is 43.8 Å². The molecule has 90 valence electrons. The fraction of sp³-hybridized carbons (Fsp3) is 0.182. The third-order valence-corrected chi connectivity index (χ3v) is 2.98. The molecule has 0 unspecified atom stereocenters. The minimum Gasteiger partial charge on any atom is -0.325 e. The van der Waals surface area contributed by atoms with Gasteiger partial charge in [0.2, 0.25) is 0 Å². The molecular formula is C11H10BrF2N3. The highest BCUT2D eigenvalue weighted by atomic mass is 79.9. The van der Waals surface area contributed by atoms with Crippen molar-refractivity contribution >= 4 is 15.9 Å². The van der Waals surface area contributed by atoms with E-state index in [0.717, 1.165) is 0 Å². The molecule has 0 aliphatic heterocycles. The van der Waals surface area contributed by atoms with Gasteiger partial charge < -0.3 is 5.73 Å². The van der Waals surface area contributed by atoms with Gasteiger partial charge in [-0.1, -0.05) is 0 Å². The van der Waals surface area contributed by atoms with Crippen LogP contribution in [0.2, 0.25) is 0 Å². The molecule has 0 saturated heterocycles. The minimum absolute atomic E-state index is 0.0222. The van der Waals surface area contributed by atoms with Gasteiger partial charge in [-0.2, -0.15) is 5.10 Å². The molecule has 0 fully saturated rings. The Morgan fingerprint density at radius 3 is 2.71 bits per heavy atom. The molecule has 1 aromatic carbocycles. The first-order chi connectivity index (χ1) is 8.11. The maximum atomic E-state index is 13.7. The Morgan fingerprint density at radius 1 is 1.29 bits per heavy atom. The molecule has 0 atom stereocenters. The standard InChI is InChI=1S/C11H10BrF2N3/c12-9-1-2-10(13)8(11(9)14)6-17-4-3-7(5-15)16-17/h1-4H,5-6,15H2. The molecule has 2 rings (SSSR count). The maximum absolute atomic E-state index is 13.7. The van der Waals surface area contributed by atoms with E-state index in [-0.39, 0.29) is 16.6 Å². The molecule has 0 aliphatic carbocycles. The lowest BCUT2D eigenvalue weighted by molar-refractivity contribution is 0.528. The molecule has 0 amide bonds. The van der Waals surface area contributed by atoms with Gasteiger partial charge >= 0.3 is 0 Å². The van der Waals surface area contributed by atoms with E-state index >= 15 is 0 Å². The van der Waals surface area contributed by atoms with E-state index in [0.29, 0.717) is 12.2 Å². The maximum Gasteiger partial charge on any atom is 0.145 e. The first-order valence-electron chi connectivity index (χ1n) is 4.96. The fourth-order valence-corrected chi connectivity index (χ4v) is 1.85. The second-order valence-electron chi connectivity index (χ2n) is 3.53. The van der Waals surface area contributed by atoms with Crippen molar-refractivity contribution < 1.29 is 8.78 Å². The SMILES string of the molecule is NCc1ccn(Cc2c(F)ccc(Br)c2F)n1. The molecular weight excluding hydrogens is 292 g/mol. The lowest BCUT2D eigenvalue weighted by Crippen LogP contribution is -2.07. The van der Waals surface area contributed by atoms with E-state index in [9.17, 15) is 8.78 Å². The summed E-state index contributed by atoms with van der Waals surface area (Å²) in [4.78, 5) is 0. The van der Waals surface area contributed by atoms with Gasteiger partial charge in [0.1, 0.15) is 11.6 Å². The van der Waals surface area contributed by atoms with Crippen LogP contribution in [0.1, 0.15) is 11.3 Å². The average Bonchev–Trinajstić information content (AvgIpc) is 2.77. The van der Waals surface area contributed by atoms with Crippen molar-refractivity contribution in [1.29, 1.82) is 0 Å². The fourth-order valence-electron chi connectivity index (χ4n) is 1.48. The van der Waals surface area contributed by atoms with Crippen LogP contribution in [0.5, 0.6) is 0 Å². The van der Waals surface area contributed by atoms with Crippen LogP contribution < -0.4 is 5.73 Å². The van der Waals surface area contributed by atoms with Gasteiger partial charge in [-0.05, 0) is 34.1 Å². The van der Waals surface area contributed by atoms with Crippen LogP contribution in [0.15, 0.2) is 28.9 Å². The smallest absolute Gasteiger partial charge is 0.145 e. The number of hydrogen-bond acceptors (Lipinski definition) is 2. The summed E-state index contributed by atoms with van der Waals surface area (Å²) in [6, 6.07) is 4.27. The predicted molar refractivity (Wildman–Crippen MR) is 63.3 cm³/mol. The highest BCUT2D eigenvalue weighted by Gasteiger charge is 2.13. The van der Waals surface area contributed by atoms with Gasteiger partial charge in [-0.15, -0.1) is 0 Å². The van der Waals surface area contributed by atoms with E-state index in [1.54, 1.807) is 12.3 Å². The van der Waals surface area contributed by atoms with Crippen molar-refractivity contribution in [2.75, 3.05) is 0 Å². The number of hydrogen-bond donors (Lipinski definition) is 1. The number of benzene rings is 1. The molecule has 2 aromatic rings. The van der Waals surface area contributed by atoms with Crippen LogP contribution >= 0.6 is 15.9 Å². The summed E-state index contributed by atoms with van der Waals surface area (Å²) in [5.41, 5.74) is 6.07. The second kappa shape index (κ2) is 4.93.